The molecule has 0 unspecified atom stereocenters. The molecular weight excluding hydrogens is 280 g/mol. The summed E-state index contributed by atoms with van der Waals surface area (Å²) in [5, 5.41) is 12.5. The van der Waals surface area contributed by atoms with Gasteiger partial charge in [-0.15, -0.1) is 0 Å². The normalized spacial score (nSPS) is 10.1. The lowest BCUT2D eigenvalue weighted by Crippen LogP contribution is -2.22. The highest BCUT2D eigenvalue weighted by Crippen LogP contribution is 2.21. The molecule has 0 radical (unpaired) electrons. The van der Waals surface area contributed by atoms with Crippen LogP contribution in [-0.4, -0.2) is 24.0 Å². The predicted octanol–water partition coefficient (Wildman–Crippen LogP) is 2.94. The van der Waals surface area contributed by atoms with Crippen LogP contribution in [0, 0.1) is 6.92 Å². The zero-order valence-electron chi connectivity index (χ0n) is 12.8. The number of rotatable bonds is 3. The quantitative estimate of drug-likeness (QED) is 0.915. The molecule has 0 saturated carbocycles. The van der Waals surface area contributed by atoms with Gasteiger partial charge in [-0.05, 0) is 43.3 Å². The van der Waals surface area contributed by atoms with E-state index >= 15 is 0 Å². The van der Waals surface area contributed by atoms with E-state index in [2.05, 4.69) is 5.32 Å². The van der Waals surface area contributed by atoms with Gasteiger partial charge in [-0.25, -0.2) is 0 Å². The van der Waals surface area contributed by atoms with E-state index in [4.69, 9.17) is 0 Å². The van der Waals surface area contributed by atoms with Crippen LogP contribution in [0.5, 0.6) is 5.75 Å². The second-order valence-electron chi connectivity index (χ2n) is 5.10. The Bertz CT molecular complexity index is 708. The minimum atomic E-state index is -0.381. The van der Waals surface area contributed by atoms with Crippen LogP contribution in [0.1, 0.15) is 22.8 Å². The van der Waals surface area contributed by atoms with Gasteiger partial charge in [-0.2, -0.15) is 0 Å². The first-order valence-corrected chi connectivity index (χ1v) is 6.84. The summed E-state index contributed by atoms with van der Waals surface area (Å²) in [5.41, 5.74) is 2.45. The first kappa shape index (κ1) is 15.6. The maximum Gasteiger partial charge on any atom is 0.259 e. The molecule has 5 nitrogen and oxygen atoms in total. The topological polar surface area (TPSA) is 69.6 Å². The fraction of sp³-hybridized carbons (Fsp3) is 0.176. The first-order valence-electron chi connectivity index (χ1n) is 6.84. The van der Waals surface area contributed by atoms with Crippen LogP contribution in [-0.2, 0) is 4.79 Å². The second-order valence-corrected chi connectivity index (χ2v) is 5.10. The van der Waals surface area contributed by atoms with Crippen molar-refractivity contribution >= 4 is 23.2 Å². The third-order valence-corrected chi connectivity index (χ3v) is 3.38. The molecule has 2 amide bonds. The molecule has 2 rings (SSSR count). The standard InChI is InChI=1S/C17H18N2O3/c1-11-4-9-16(21)15(10-11)17(22)18-13-5-7-14(8-6-13)19(3)12(2)20/h4-10,21H,1-3H3,(H,18,22). The van der Waals surface area contributed by atoms with E-state index in [1.165, 1.54) is 17.9 Å². The largest absolute Gasteiger partial charge is 0.507 e. The lowest BCUT2D eigenvalue weighted by Gasteiger charge is -2.15. The fourth-order valence-corrected chi connectivity index (χ4v) is 1.98. The molecule has 0 atom stereocenters. The number of phenols is 1. The van der Waals surface area contributed by atoms with E-state index in [9.17, 15) is 14.7 Å². The number of nitrogens with one attached hydrogen (secondary N) is 1. The lowest BCUT2D eigenvalue weighted by atomic mass is 10.1. The van der Waals surface area contributed by atoms with Gasteiger partial charge in [-0.1, -0.05) is 11.6 Å². The molecule has 2 aromatic carbocycles. The molecule has 2 aromatic rings. The number of aryl methyl sites for hydroxylation is 1. The predicted molar refractivity (Wildman–Crippen MR) is 86.3 cm³/mol. The van der Waals surface area contributed by atoms with Gasteiger partial charge in [0, 0.05) is 25.3 Å². The molecule has 0 aliphatic rings. The molecule has 0 saturated heterocycles. The number of amides is 2. The highest BCUT2D eigenvalue weighted by Gasteiger charge is 2.12. The number of carbonyl (C=O) groups is 2. The van der Waals surface area contributed by atoms with Crippen molar-refractivity contribution < 1.29 is 14.7 Å². The van der Waals surface area contributed by atoms with Crippen molar-refractivity contribution in [2.45, 2.75) is 13.8 Å². The summed E-state index contributed by atoms with van der Waals surface area (Å²) in [6.07, 6.45) is 0. The Morgan fingerprint density at radius 1 is 1.09 bits per heavy atom. The summed E-state index contributed by atoms with van der Waals surface area (Å²) < 4.78 is 0. The van der Waals surface area contributed by atoms with Gasteiger partial charge in [0.05, 0.1) is 5.56 Å². The third-order valence-electron chi connectivity index (χ3n) is 3.38. The number of carbonyl (C=O) groups excluding carboxylic acids is 2. The molecule has 0 bridgehead atoms. The van der Waals surface area contributed by atoms with Crippen molar-refractivity contribution in [3.8, 4) is 5.75 Å². The van der Waals surface area contributed by atoms with Crippen LogP contribution in [0.25, 0.3) is 0 Å². The zero-order valence-corrected chi connectivity index (χ0v) is 12.8. The molecule has 2 N–H and O–H groups in total. The van der Waals surface area contributed by atoms with Crippen molar-refractivity contribution in [2.24, 2.45) is 0 Å². The monoisotopic (exact) mass is 298 g/mol. The Kier molecular flexibility index (Phi) is 4.46. The minimum absolute atomic E-state index is 0.0592. The summed E-state index contributed by atoms with van der Waals surface area (Å²) >= 11 is 0. The molecule has 114 valence electrons. The molecule has 0 aromatic heterocycles. The number of hydrogen-bond donors (Lipinski definition) is 2. The third kappa shape index (κ3) is 3.44. The average Bonchev–Trinajstić information content (AvgIpc) is 2.49. The summed E-state index contributed by atoms with van der Waals surface area (Å²) in [6.45, 7) is 3.33. The molecule has 0 fully saturated rings. The maximum atomic E-state index is 12.2. The highest BCUT2D eigenvalue weighted by atomic mass is 16.3. The summed E-state index contributed by atoms with van der Waals surface area (Å²) in [5.74, 6) is -0.508. The van der Waals surface area contributed by atoms with Crippen LogP contribution in [0.15, 0.2) is 42.5 Å². The highest BCUT2D eigenvalue weighted by molar-refractivity contribution is 6.06. The van der Waals surface area contributed by atoms with Gasteiger partial charge >= 0.3 is 0 Å². The summed E-state index contributed by atoms with van der Waals surface area (Å²) in [6, 6.07) is 11.8. The number of aromatic hydroxyl groups is 1. The molecule has 0 aliphatic carbocycles. The van der Waals surface area contributed by atoms with E-state index in [1.54, 1.807) is 43.4 Å². The number of benzene rings is 2. The number of nitrogens with zero attached hydrogens (tertiary/aromatic N) is 1. The van der Waals surface area contributed by atoms with Crippen molar-refractivity contribution in [2.75, 3.05) is 17.3 Å². The Morgan fingerprint density at radius 2 is 1.73 bits per heavy atom. The Labute approximate surface area is 129 Å². The van der Waals surface area contributed by atoms with Crippen molar-refractivity contribution in [3.05, 3.63) is 53.6 Å². The molecule has 0 aliphatic heterocycles. The van der Waals surface area contributed by atoms with Crippen molar-refractivity contribution in [3.63, 3.8) is 0 Å². The Balaban J connectivity index is 2.15. The SMILES string of the molecule is CC(=O)N(C)c1ccc(NC(=O)c2cc(C)ccc2O)cc1. The first-order chi connectivity index (χ1) is 10.4. The van der Waals surface area contributed by atoms with Crippen LogP contribution >= 0.6 is 0 Å². The molecular formula is C17H18N2O3. The van der Waals surface area contributed by atoms with Gasteiger partial charge in [0.25, 0.3) is 5.91 Å². The van der Waals surface area contributed by atoms with Gasteiger partial charge in [0.2, 0.25) is 5.91 Å². The lowest BCUT2D eigenvalue weighted by molar-refractivity contribution is -0.116. The fourth-order valence-electron chi connectivity index (χ4n) is 1.98. The van der Waals surface area contributed by atoms with Gasteiger partial charge < -0.3 is 15.3 Å². The molecule has 5 heteroatoms. The number of hydrogen-bond acceptors (Lipinski definition) is 3. The molecule has 0 heterocycles. The zero-order chi connectivity index (χ0) is 16.3. The van der Waals surface area contributed by atoms with E-state index in [-0.39, 0.29) is 23.1 Å². The van der Waals surface area contributed by atoms with Crippen molar-refractivity contribution in [1.82, 2.24) is 0 Å². The second kappa shape index (κ2) is 6.30. The van der Waals surface area contributed by atoms with Gasteiger partial charge in [-0.3, -0.25) is 9.59 Å². The summed E-state index contributed by atoms with van der Waals surface area (Å²) in [4.78, 5) is 25.0. The van der Waals surface area contributed by atoms with Crippen LogP contribution in [0.4, 0.5) is 11.4 Å². The van der Waals surface area contributed by atoms with E-state index in [0.29, 0.717) is 5.69 Å². The van der Waals surface area contributed by atoms with Crippen LogP contribution in [0.2, 0.25) is 0 Å². The van der Waals surface area contributed by atoms with Crippen molar-refractivity contribution in [1.29, 1.82) is 0 Å². The average molecular weight is 298 g/mol. The maximum absolute atomic E-state index is 12.2. The molecule has 22 heavy (non-hydrogen) atoms. The Morgan fingerprint density at radius 3 is 2.32 bits per heavy atom. The van der Waals surface area contributed by atoms with E-state index in [1.807, 2.05) is 6.92 Å². The van der Waals surface area contributed by atoms with E-state index in [0.717, 1.165) is 11.3 Å². The number of anilines is 2. The van der Waals surface area contributed by atoms with Gasteiger partial charge in [0.1, 0.15) is 5.75 Å². The summed E-state index contributed by atoms with van der Waals surface area (Å²) in [7, 11) is 1.68. The Hall–Kier alpha value is -2.82. The molecule has 0 spiro atoms. The van der Waals surface area contributed by atoms with E-state index < -0.39 is 0 Å². The van der Waals surface area contributed by atoms with Crippen LogP contribution < -0.4 is 10.2 Å². The smallest absolute Gasteiger partial charge is 0.259 e. The van der Waals surface area contributed by atoms with Crippen LogP contribution in [0.3, 0.4) is 0 Å². The van der Waals surface area contributed by atoms with Gasteiger partial charge in [0.15, 0.2) is 0 Å². The minimum Gasteiger partial charge on any atom is -0.507 e. The number of phenolic OH excluding ortho intramolecular Hbond substituents is 1.